The second-order valence-electron chi connectivity index (χ2n) is 6.12. The number of hydrogen-bond acceptors (Lipinski definition) is 9. The highest BCUT2D eigenvalue weighted by molar-refractivity contribution is 7.17. The zero-order valence-corrected chi connectivity index (χ0v) is 14.8. The Morgan fingerprint density at radius 2 is 1.88 bits per heavy atom. The van der Waals surface area contributed by atoms with Crippen LogP contribution in [0.25, 0.3) is 0 Å². The molecule has 0 saturated carbocycles. The third-order valence-electron chi connectivity index (χ3n) is 4.20. The lowest BCUT2D eigenvalue weighted by Gasteiger charge is -2.40. The maximum absolute atomic E-state index is 12.5. The lowest BCUT2D eigenvalue weighted by molar-refractivity contribution is -0.221. The molecule has 0 spiro atoms. The highest BCUT2D eigenvalue weighted by Crippen LogP contribution is 2.26. The quantitative estimate of drug-likeness (QED) is 0.454. The number of ether oxygens (including phenoxy) is 1. The molecule has 26 heavy (non-hydrogen) atoms. The van der Waals surface area contributed by atoms with Crippen molar-refractivity contribution in [3.63, 3.8) is 0 Å². The van der Waals surface area contributed by atoms with Crippen LogP contribution in [0.5, 0.6) is 0 Å². The van der Waals surface area contributed by atoms with Crippen molar-refractivity contribution in [2.75, 3.05) is 11.9 Å². The minimum absolute atomic E-state index is 0.177. The number of ketones is 1. The molecule has 3 rings (SSSR count). The second-order valence-corrected chi connectivity index (χ2v) is 7.15. The van der Waals surface area contributed by atoms with E-state index in [0.29, 0.717) is 15.6 Å². The van der Waals surface area contributed by atoms with E-state index < -0.39 is 37.3 Å². The number of aryl methyl sites for hydroxylation is 1. The van der Waals surface area contributed by atoms with Crippen molar-refractivity contribution >= 4 is 22.3 Å². The van der Waals surface area contributed by atoms with Gasteiger partial charge in [0, 0.05) is 5.56 Å². The normalized spacial score (nSPS) is 28.7. The van der Waals surface area contributed by atoms with E-state index in [0.717, 1.165) is 16.9 Å². The van der Waals surface area contributed by atoms with Crippen LogP contribution in [0.3, 0.4) is 0 Å². The van der Waals surface area contributed by atoms with Gasteiger partial charge in [0.1, 0.15) is 24.4 Å². The molecule has 140 valence electrons. The summed E-state index contributed by atoms with van der Waals surface area (Å²) in [6, 6.07) is 7.17. The number of anilines is 1. The molecule has 1 fully saturated rings. The molecule has 1 aromatic carbocycles. The molecule has 2 aromatic rings. The van der Waals surface area contributed by atoms with Crippen molar-refractivity contribution < 1.29 is 30.0 Å². The Labute approximate surface area is 153 Å². The molecule has 5 N–H and O–H groups in total. The Balaban J connectivity index is 1.71. The molecule has 1 aliphatic rings. The van der Waals surface area contributed by atoms with Gasteiger partial charge in [0.2, 0.25) is 5.78 Å². The van der Waals surface area contributed by atoms with E-state index >= 15 is 0 Å². The number of carbonyl (C=O) groups excluding carboxylic acids is 1. The largest absolute Gasteiger partial charge is 0.394 e. The third-order valence-corrected chi connectivity index (χ3v) is 5.13. The van der Waals surface area contributed by atoms with Crippen LogP contribution in [0.1, 0.15) is 20.8 Å². The van der Waals surface area contributed by atoms with Crippen LogP contribution in [0, 0.1) is 6.92 Å². The summed E-state index contributed by atoms with van der Waals surface area (Å²) in [7, 11) is 0. The van der Waals surface area contributed by atoms with Gasteiger partial charge in [-0.1, -0.05) is 41.2 Å². The van der Waals surface area contributed by atoms with Crippen LogP contribution in [0.2, 0.25) is 0 Å². The van der Waals surface area contributed by atoms with Gasteiger partial charge in [-0.15, -0.1) is 0 Å². The molecule has 0 radical (unpaired) electrons. The molecule has 1 aliphatic heterocycles. The molecule has 8 nitrogen and oxygen atoms in total. The van der Waals surface area contributed by atoms with E-state index in [-0.39, 0.29) is 5.78 Å². The van der Waals surface area contributed by atoms with Crippen LogP contribution in [-0.2, 0) is 4.74 Å². The van der Waals surface area contributed by atoms with Crippen LogP contribution in [-0.4, -0.2) is 68.4 Å². The van der Waals surface area contributed by atoms with Gasteiger partial charge in [-0.25, -0.2) is 4.98 Å². The van der Waals surface area contributed by atoms with Gasteiger partial charge in [-0.3, -0.25) is 4.79 Å². The van der Waals surface area contributed by atoms with Gasteiger partial charge in [0.15, 0.2) is 11.4 Å². The van der Waals surface area contributed by atoms with Gasteiger partial charge in [-0.05, 0) is 6.92 Å². The number of carbonyl (C=O) groups is 1. The summed E-state index contributed by atoms with van der Waals surface area (Å²) in [6.45, 7) is 1.42. The second kappa shape index (κ2) is 7.78. The first-order valence-electron chi connectivity index (χ1n) is 8.05. The maximum Gasteiger partial charge on any atom is 0.204 e. The Hall–Kier alpha value is -1.88. The van der Waals surface area contributed by atoms with Crippen LogP contribution in [0.15, 0.2) is 30.5 Å². The van der Waals surface area contributed by atoms with Crippen molar-refractivity contribution in [2.24, 2.45) is 0 Å². The van der Waals surface area contributed by atoms with Crippen molar-refractivity contribution in [3.8, 4) is 0 Å². The zero-order valence-electron chi connectivity index (χ0n) is 13.9. The van der Waals surface area contributed by atoms with E-state index in [9.17, 15) is 25.2 Å². The minimum Gasteiger partial charge on any atom is -0.394 e. The summed E-state index contributed by atoms with van der Waals surface area (Å²) in [5.74, 6) is -0.177. The van der Waals surface area contributed by atoms with Gasteiger partial charge in [0.25, 0.3) is 0 Å². The molecule has 0 aliphatic carbocycles. The summed E-state index contributed by atoms with van der Waals surface area (Å²) >= 11 is 1.08. The topological polar surface area (TPSA) is 132 Å². The van der Waals surface area contributed by atoms with Gasteiger partial charge < -0.3 is 30.5 Å². The average Bonchev–Trinajstić information content (AvgIpc) is 3.11. The molecule has 1 aromatic heterocycles. The SMILES string of the molecule is Cc1ccc(C(=O)c2cnc(N[C@H]3OC(CO)[C@@H](O)[C@H](O)C3O)s2)cc1. The van der Waals surface area contributed by atoms with Gasteiger partial charge in [0.05, 0.1) is 17.7 Å². The Bertz CT molecular complexity index is 763. The molecule has 0 amide bonds. The predicted molar refractivity (Wildman–Crippen MR) is 94.1 cm³/mol. The van der Waals surface area contributed by atoms with Gasteiger partial charge in [-0.2, -0.15) is 0 Å². The fourth-order valence-corrected chi connectivity index (χ4v) is 3.44. The third kappa shape index (κ3) is 3.78. The molecule has 2 heterocycles. The molecular formula is C17H20N2O6S. The van der Waals surface area contributed by atoms with Gasteiger partial charge >= 0.3 is 0 Å². The number of aliphatic hydroxyl groups excluding tert-OH is 4. The van der Waals surface area contributed by atoms with Crippen molar-refractivity contribution in [2.45, 2.75) is 37.6 Å². The number of nitrogens with zero attached hydrogens (tertiary/aromatic N) is 1. The molecule has 1 saturated heterocycles. The first-order valence-corrected chi connectivity index (χ1v) is 8.86. The van der Waals surface area contributed by atoms with E-state index in [4.69, 9.17) is 4.74 Å². The number of nitrogens with one attached hydrogen (secondary N) is 1. The maximum atomic E-state index is 12.5. The number of benzene rings is 1. The van der Waals surface area contributed by atoms with Crippen LogP contribution in [0.4, 0.5) is 5.13 Å². The summed E-state index contributed by atoms with van der Waals surface area (Å²) in [5.41, 5.74) is 1.59. The smallest absolute Gasteiger partial charge is 0.204 e. The molecule has 5 atom stereocenters. The Kier molecular flexibility index (Phi) is 5.66. The average molecular weight is 380 g/mol. The Morgan fingerprint density at radius 3 is 2.54 bits per heavy atom. The fourth-order valence-electron chi connectivity index (χ4n) is 2.64. The Morgan fingerprint density at radius 1 is 1.19 bits per heavy atom. The first-order chi connectivity index (χ1) is 12.4. The lowest BCUT2D eigenvalue weighted by atomic mass is 9.98. The fraction of sp³-hybridized carbons (Fsp3) is 0.412. The molecule has 9 heteroatoms. The minimum atomic E-state index is -1.48. The van der Waals surface area contributed by atoms with Crippen LogP contribution < -0.4 is 5.32 Å². The van der Waals surface area contributed by atoms with E-state index in [1.54, 1.807) is 12.1 Å². The number of thiazole rings is 1. The number of rotatable bonds is 5. The van der Waals surface area contributed by atoms with E-state index in [1.165, 1.54) is 6.20 Å². The number of aliphatic hydroxyl groups is 4. The predicted octanol–water partition coefficient (Wildman–Crippen LogP) is -0.106. The molecule has 2 unspecified atom stereocenters. The van der Waals surface area contributed by atoms with E-state index in [1.807, 2.05) is 19.1 Å². The summed E-state index contributed by atoms with van der Waals surface area (Å²) in [4.78, 5) is 17.0. The molecular weight excluding hydrogens is 360 g/mol. The zero-order chi connectivity index (χ0) is 18.8. The summed E-state index contributed by atoms with van der Waals surface area (Å²) in [5, 5.41) is 41.9. The van der Waals surface area contributed by atoms with E-state index in [2.05, 4.69) is 10.3 Å². The monoisotopic (exact) mass is 380 g/mol. The lowest BCUT2D eigenvalue weighted by Crippen LogP contribution is -2.60. The highest BCUT2D eigenvalue weighted by Gasteiger charge is 2.43. The first kappa shape index (κ1) is 18.9. The number of aromatic nitrogens is 1. The summed E-state index contributed by atoms with van der Waals surface area (Å²) in [6.07, 6.45) is -5.01. The highest BCUT2D eigenvalue weighted by atomic mass is 32.1. The van der Waals surface area contributed by atoms with Crippen LogP contribution >= 0.6 is 11.3 Å². The van der Waals surface area contributed by atoms with Crippen molar-refractivity contribution in [1.82, 2.24) is 4.98 Å². The standard InChI is InChI=1S/C17H20N2O6S/c1-8-2-4-9(5-3-8)12(21)11-6-18-17(26-11)19-16-15(24)14(23)13(22)10(7-20)25-16/h2-6,10,13-16,20,22-24H,7H2,1H3,(H,18,19)/t10?,13-,14+,15?,16+/m1/s1. The number of hydrogen-bond donors (Lipinski definition) is 5. The summed E-state index contributed by atoms with van der Waals surface area (Å²) < 4.78 is 5.36. The van der Waals surface area contributed by atoms with Crippen molar-refractivity contribution in [3.05, 3.63) is 46.5 Å². The molecule has 0 bridgehead atoms. The van der Waals surface area contributed by atoms with Crippen molar-refractivity contribution in [1.29, 1.82) is 0 Å².